The Labute approximate surface area is 205 Å². The number of hydrogen-bond acceptors (Lipinski definition) is 6. The number of para-hydroxylation sites is 3. The lowest BCUT2D eigenvalue weighted by molar-refractivity contribution is 0.102. The van der Waals surface area contributed by atoms with E-state index in [2.05, 4.69) is 59.3 Å². The summed E-state index contributed by atoms with van der Waals surface area (Å²) >= 11 is 0. The number of ether oxygens (including phenoxy) is 2. The fraction of sp³-hybridized carbons (Fsp3) is 0.571. The summed E-state index contributed by atoms with van der Waals surface area (Å²) in [4.78, 5) is 5.08. The van der Waals surface area contributed by atoms with Crippen LogP contribution in [0.25, 0.3) is 0 Å². The van der Waals surface area contributed by atoms with Crippen LogP contribution in [0.1, 0.15) is 39.5 Å². The predicted octanol–water partition coefficient (Wildman–Crippen LogP) is 4.19. The number of rotatable bonds is 15. The van der Waals surface area contributed by atoms with E-state index < -0.39 is 6.10 Å². The maximum Gasteiger partial charge on any atom is 0.161 e. The zero-order valence-corrected chi connectivity index (χ0v) is 21.0. The minimum atomic E-state index is -0.545. The number of nitrogens with zero attached hydrogens (tertiary/aromatic N) is 2. The van der Waals surface area contributed by atoms with Crippen molar-refractivity contribution in [3.8, 4) is 11.5 Å². The van der Waals surface area contributed by atoms with E-state index in [0.29, 0.717) is 24.9 Å². The van der Waals surface area contributed by atoms with Crippen molar-refractivity contribution in [3.63, 3.8) is 0 Å². The lowest BCUT2D eigenvalue weighted by atomic mass is 10.2. The SMILES string of the molecule is CC(C)NC[C@H](O)COc1ccccc1OCCCCCCN1CCN(c2ccccc2)CC1. The molecule has 6 heteroatoms. The molecule has 2 aromatic rings. The van der Waals surface area contributed by atoms with E-state index in [1.165, 1.54) is 31.5 Å². The molecule has 2 aromatic carbocycles. The van der Waals surface area contributed by atoms with Crippen molar-refractivity contribution in [1.82, 2.24) is 10.2 Å². The Morgan fingerprint density at radius 2 is 1.47 bits per heavy atom. The van der Waals surface area contributed by atoms with Crippen LogP contribution >= 0.6 is 0 Å². The summed E-state index contributed by atoms with van der Waals surface area (Å²) in [6, 6.07) is 18.8. The molecular weight excluding hydrogens is 426 g/mol. The maximum atomic E-state index is 10.1. The molecule has 2 N–H and O–H groups in total. The summed E-state index contributed by atoms with van der Waals surface area (Å²) in [5.74, 6) is 1.45. The Kier molecular flexibility index (Phi) is 11.5. The molecule has 1 atom stereocenters. The molecule has 0 spiro atoms. The van der Waals surface area contributed by atoms with Crippen LogP contribution in [-0.2, 0) is 0 Å². The third-order valence-corrected chi connectivity index (χ3v) is 6.16. The van der Waals surface area contributed by atoms with Gasteiger partial charge in [0, 0.05) is 44.5 Å². The van der Waals surface area contributed by atoms with Crippen molar-refractivity contribution < 1.29 is 14.6 Å². The first-order valence-electron chi connectivity index (χ1n) is 12.9. The molecule has 0 aromatic heterocycles. The molecule has 0 saturated carbocycles. The van der Waals surface area contributed by atoms with Crippen LogP contribution in [0.4, 0.5) is 5.69 Å². The lowest BCUT2D eigenvalue weighted by Gasteiger charge is -2.36. The van der Waals surface area contributed by atoms with Crippen LogP contribution in [-0.4, -0.2) is 74.6 Å². The van der Waals surface area contributed by atoms with Crippen molar-refractivity contribution in [1.29, 1.82) is 0 Å². The summed E-state index contributed by atoms with van der Waals surface area (Å²) in [7, 11) is 0. The van der Waals surface area contributed by atoms with Crippen molar-refractivity contribution in [2.24, 2.45) is 0 Å². The van der Waals surface area contributed by atoms with E-state index in [1.807, 2.05) is 24.3 Å². The topological polar surface area (TPSA) is 57.2 Å². The second kappa shape index (κ2) is 14.9. The summed E-state index contributed by atoms with van der Waals surface area (Å²) in [6.45, 7) is 11.3. The normalized spacial score (nSPS) is 15.5. The molecule has 0 amide bonds. The van der Waals surface area contributed by atoms with Gasteiger partial charge in [0.25, 0.3) is 0 Å². The highest BCUT2D eigenvalue weighted by atomic mass is 16.5. The summed E-state index contributed by atoms with van der Waals surface area (Å²) < 4.78 is 11.8. The maximum absolute atomic E-state index is 10.1. The first-order chi connectivity index (χ1) is 16.6. The molecule has 1 heterocycles. The first kappa shape index (κ1) is 26.3. The zero-order chi connectivity index (χ0) is 24.0. The van der Waals surface area contributed by atoms with Gasteiger partial charge in [-0.2, -0.15) is 0 Å². The average molecular weight is 470 g/mol. The molecule has 188 valence electrons. The highest BCUT2D eigenvalue weighted by Crippen LogP contribution is 2.27. The van der Waals surface area contributed by atoms with Gasteiger partial charge in [0.15, 0.2) is 11.5 Å². The van der Waals surface area contributed by atoms with Gasteiger partial charge in [-0.1, -0.05) is 57.0 Å². The minimum Gasteiger partial charge on any atom is -0.490 e. The average Bonchev–Trinajstić information content (AvgIpc) is 2.87. The summed E-state index contributed by atoms with van der Waals surface area (Å²) in [6.07, 6.45) is 4.14. The highest BCUT2D eigenvalue weighted by Gasteiger charge is 2.16. The Morgan fingerprint density at radius 3 is 2.18 bits per heavy atom. The number of hydrogen-bond donors (Lipinski definition) is 2. The van der Waals surface area contributed by atoms with E-state index in [-0.39, 0.29) is 6.61 Å². The number of piperazine rings is 1. The van der Waals surface area contributed by atoms with E-state index >= 15 is 0 Å². The third-order valence-electron chi connectivity index (χ3n) is 6.16. The second-order valence-corrected chi connectivity index (χ2v) is 9.40. The van der Waals surface area contributed by atoms with E-state index in [4.69, 9.17) is 9.47 Å². The van der Waals surface area contributed by atoms with Crippen molar-refractivity contribution in [2.45, 2.75) is 51.7 Å². The second-order valence-electron chi connectivity index (χ2n) is 9.40. The number of aliphatic hydroxyl groups excluding tert-OH is 1. The van der Waals surface area contributed by atoms with E-state index in [0.717, 1.165) is 38.3 Å². The van der Waals surface area contributed by atoms with Crippen LogP contribution in [0, 0.1) is 0 Å². The van der Waals surface area contributed by atoms with Crippen LogP contribution in [0.15, 0.2) is 54.6 Å². The lowest BCUT2D eigenvalue weighted by Crippen LogP contribution is -2.46. The van der Waals surface area contributed by atoms with Gasteiger partial charge in [-0.3, -0.25) is 4.90 Å². The monoisotopic (exact) mass is 469 g/mol. The predicted molar refractivity (Wildman–Crippen MR) is 140 cm³/mol. The van der Waals surface area contributed by atoms with Gasteiger partial charge in [0.1, 0.15) is 12.7 Å². The molecule has 1 fully saturated rings. The minimum absolute atomic E-state index is 0.250. The van der Waals surface area contributed by atoms with Crippen LogP contribution in [0.5, 0.6) is 11.5 Å². The molecule has 6 nitrogen and oxygen atoms in total. The number of nitrogens with one attached hydrogen (secondary N) is 1. The van der Waals surface area contributed by atoms with Crippen LogP contribution in [0.3, 0.4) is 0 Å². The first-order valence-corrected chi connectivity index (χ1v) is 12.9. The van der Waals surface area contributed by atoms with Gasteiger partial charge < -0.3 is 24.8 Å². The molecule has 3 rings (SSSR count). The molecule has 1 saturated heterocycles. The Balaban J connectivity index is 1.24. The fourth-order valence-corrected chi connectivity index (χ4v) is 4.15. The van der Waals surface area contributed by atoms with Crippen molar-refractivity contribution in [2.75, 3.05) is 57.4 Å². The standard InChI is InChI=1S/C28H43N3O3/c1-24(2)29-22-26(32)23-34-28-15-9-8-14-27(28)33-21-11-4-3-10-16-30-17-19-31(20-18-30)25-12-6-5-7-13-25/h5-9,12-15,24,26,29,32H,3-4,10-11,16-23H2,1-2H3/t26-/m0/s1. The molecule has 1 aliphatic heterocycles. The molecule has 0 aliphatic carbocycles. The van der Waals surface area contributed by atoms with Crippen molar-refractivity contribution >= 4 is 5.69 Å². The van der Waals surface area contributed by atoms with Gasteiger partial charge in [0.05, 0.1) is 6.61 Å². The fourth-order valence-electron chi connectivity index (χ4n) is 4.15. The third kappa shape index (κ3) is 9.53. The van der Waals surface area contributed by atoms with E-state index in [9.17, 15) is 5.11 Å². The van der Waals surface area contributed by atoms with Gasteiger partial charge >= 0.3 is 0 Å². The molecule has 34 heavy (non-hydrogen) atoms. The molecular formula is C28H43N3O3. The highest BCUT2D eigenvalue weighted by molar-refractivity contribution is 5.46. The Hall–Kier alpha value is -2.28. The van der Waals surface area contributed by atoms with Gasteiger partial charge in [-0.15, -0.1) is 0 Å². The zero-order valence-electron chi connectivity index (χ0n) is 21.0. The Bertz CT molecular complexity index is 794. The van der Waals surface area contributed by atoms with Gasteiger partial charge in [-0.05, 0) is 43.7 Å². The quantitative estimate of drug-likeness (QED) is 0.382. The summed E-state index contributed by atoms with van der Waals surface area (Å²) in [5.41, 5.74) is 1.34. The van der Waals surface area contributed by atoms with E-state index in [1.54, 1.807) is 0 Å². The Morgan fingerprint density at radius 1 is 0.824 bits per heavy atom. The number of unbranched alkanes of at least 4 members (excludes halogenated alkanes) is 3. The van der Waals surface area contributed by atoms with Crippen molar-refractivity contribution in [3.05, 3.63) is 54.6 Å². The largest absolute Gasteiger partial charge is 0.490 e. The van der Waals surface area contributed by atoms with Gasteiger partial charge in [0.2, 0.25) is 0 Å². The molecule has 0 radical (unpaired) electrons. The number of aliphatic hydroxyl groups is 1. The number of benzene rings is 2. The summed E-state index contributed by atoms with van der Waals surface area (Å²) in [5, 5.41) is 13.3. The van der Waals surface area contributed by atoms with Crippen LogP contribution < -0.4 is 19.7 Å². The number of anilines is 1. The smallest absolute Gasteiger partial charge is 0.161 e. The molecule has 0 bridgehead atoms. The van der Waals surface area contributed by atoms with Gasteiger partial charge in [-0.25, -0.2) is 0 Å². The molecule has 1 aliphatic rings. The molecule has 0 unspecified atom stereocenters. The van der Waals surface area contributed by atoms with Crippen LogP contribution in [0.2, 0.25) is 0 Å².